The molecule has 4 aliphatic rings. The molecule has 46 heteroatoms. The molecule has 0 radical (unpaired) electrons. The van der Waals surface area contributed by atoms with Gasteiger partial charge in [-0.3, -0.25) is 27.4 Å². The Morgan fingerprint density at radius 3 is 1.43 bits per heavy atom. The lowest BCUT2D eigenvalue weighted by Crippen LogP contribution is -2.42. The van der Waals surface area contributed by atoms with Gasteiger partial charge >= 0.3 is 11.4 Å². The van der Waals surface area contributed by atoms with Gasteiger partial charge in [0, 0.05) is 52.0 Å². The van der Waals surface area contributed by atoms with Crippen molar-refractivity contribution in [3.63, 3.8) is 0 Å². The van der Waals surface area contributed by atoms with Crippen LogP contribution < -0.4 is 44.1 Å². The Kier molecular flexibility index (Phi) is 25.2. The molecule has 0 amide bonds. The fraction of sp³-hybridized carbons (Fsp3) is 0.654. The number of fused-ring (bicyclic) bond motifs is 2. The molecule has 0 aromatic carbocycles. The third kappa shape index (κ3) is 17.2. The van der Waals surface area contributed by atoms with E-state index in [4.69, 9.17) is 131 Å². The number of rotatable bonds is 35. The van der Waals surface area contributed by atoms with Gasteiger partial charge in [0.15, 0.2) is 54.6 Å². The van der Waals surface area contributed by atoms with Gasteiger partial charge in [-0.2, -0.15) is 9.97 Å². The van der Waals surface area contributed by atoms with Crippen LogP contribution in [0.1, 0.15) is 43.0 Å². The maximum atomic E-state index is 15.1. The molecule has 6 aromatic heterocycles. The van der Waals surface area contributed by atoms with E-state index in [9.17, 15) is 28.7 Å². The molecule has 41 nitrogen and oxygen atoms in total. The minimum absolute atomic E-state index is 0.000532. The highest BCUT2D eigenvalue weighted by atomic mass is 32.7. The van der Waals surface area contributed by atoms with Crippen LogP contribution in [-0.4, -0.2) is 238 Å². The number of aryl methyl sites for hydroxylation is 2. The number of imidazole rings is 2. The number of aliphatic hydroxyl groups is 1. The van der Waals surface area contributed by atoms with E-state index < -0.39 is 151 Å². The number of aromatic nitrogens is 12. The zero-order valence-electron chi connectivity index (χ0n) is 53.6. The van der Waals surface area contributed by atoms with E-state index in [0.29, 0.717) is 5.56 Å². The molecule has 9 N–H and O–H groups in total. The normalized spacial score (nSPS) is 29.2. The average molecular weight is 1480 g/mol. The number of nitrogens with zero attached hydrogens (tertiary/aromatic N) is 12. The summed E-state index contributed by atoms with van der Waals surface area (Å²) in [6.45, 7) is -8.39. The summed E-state index contributed by atoms with van der Waals surface area (Å²) >= 11 is 11.2. The number of phosphoric ester groups is 1. The molecule has 0 spiro atoms. The molecule has 6 aromatic rings. The van der Waals surface area contributed by atoms with Crippen LogP contribution in [0.3, 0.4) is 0 Å². The third-order valence-corrected chi connectivity index (χ3v) is 19.9. The second-order valence-electron chi connectivity index (χ2n) is 22.3. The molecule has 4 saturated heterocycles. The minimum atomic E-state index is -5.59. The zero-order valence-corrected chi connectivity index (χ0v) is 57.9. The molecule has 98 heavy (non-hydrogen) atoms. The van der Waals surface area contributed by atoms with Crippen molar-refractivity contribution in [2.75, 3.05) is 124 Å². The lowest BCUT2D eigenvalue weighted by molar-refractivity contribution is -0.237. The SMILES string of the molecule is COCCOC1[C@@H](OP(=O)([O-])OC[C@H]2O[C@@H](n3cc(C)c(N)nc3=O)C(OCCOC)[C@H]2OP([O-])(=S)OC[C@H]2O[C@@H](n3cnc4c(N)ncnc43)C(OCCOC)[C@H]2OP(=O)([S-])OC[C@H]2O[C@@H](n3cnc4c(N)ncnc43)C(OCCOC)[C@H]2O)[C@@H](C)O[C@H]1n1cc(C)c(N)nc1=O. The first-order valence-corrected chi connectivity index (χ1v) is 36.6. The molecule has 7 unspecified atom stereocenters. The summed E-state index contributed by atoms with van der Waals surface area (Å²) in [4.78, 5) is 89.3. The number of nitrogen functional groups attached to an aromatic ring is 4. The molecule has 19 atom stereocenters. The van der Waals surface area contributed by atoms with E-state index in [2.05, 4.69) is 39.9 Å². The first-order valence-electron chi connectivity index (χ1n) is 30.0. The maximum Gasteiger partial charge on any atom is 0.351 e. The minimum Gasteiger partial charge on any atom is -0.780 e. The molecular formula is C52H74N16O25P3S2-3. The first kappa shape index (κ1) is 75.3. The van der Waals surface area contributed by atoms with Crippen LogP contribution in [0.5, 0.6) is 0 Å². The monoisotopic (exact) mass is 1480 g/mol. The van der Waals surface area contributed by atoms with E-state index in [1.165, 1.54) is 82.2 Å². The Morgan fingerprint density at radius 1 is 0.531 bits per heavy atom. The summed E-state index contributed by atoms with van der Waals surface area (Å²) in [5, 5.41) is 11.8. The summed E-state index contributed by atoms with van der Waals surface area (Å²) < 4.78 is 140. The van der Waals surface area contributed by atoms with Gasteiger partial charge in [-0.15, -0.1) is 0 Å². The zero-order chi connectivity index (χ0) is 70.4. The number of nitrogens with two attached hydrogens (primary N) is 4. The Morgan fingerprint density at radius 2 is 0.939 bits per heavy atom. The van der Waals surface area contributed by atoms with Gasteiger partial charge in [-0.25, -0.2) is 39.5 Å². The van der Waals surface area contributed by atoms with Crippen molar-refractivity contribution in [3.05, 3.63) is 69.8 Å². The smallest absolute Gasteiger partial charge is 0.351 e. The van der Waals surface area contributed by atoms with E-state index >= 15 is 4.89 Å². The quantitative estimate of drug-likeness (QED) is 0.0165. The summed E-state index contributed by atoms with van der Waals surface area (Å²) in [5.74, 6) is -0.123. The fourth-order valence-corrected chi connectivity index (χ4v) is 14.9. The van der Waals surface area contributed by atoms with Crippen molar-refractivity contribution in [1.82, 2.24) is 58.1 Å². The van der Waals surface area contributed by atoms with Gasteiger partial charge in [0.2, 0.25) is 0 Å². The number of anilines is 4. The maximum absolute atomic E-state index is 15.1. The van der Waals surface area contributed by atoms with Crippen LogP contribution in [0.2, 0.25) is 0 Å². The van der Waals surface area contributed by atoms with Crippen molar-refractivity contribution in [3.8, 4) is 0 Å². The predicted octanol–water partition coefficient (Wildman–Crippen LogP) is -1.86. The lowest BCUT2D eigenvalue weighted by Gasteiger charge is -2.36. The number of methoxy groups -OCH3 is 4. The number of phosphoric acid groups is 1. The summed E-state index contributed by atoms with van der Waals surface area (Å²) in [5.41, 5.74) is 23.8. The number of hydrogen-bond acceptors (Lipinski definition) is 39. The second kappa shape index (κ2) is 32.8. The lowest BCUT2D eigenvalue weighted by atomic mass is 10.1. The molecule has 0 aliphatic carbocycles. The molecule has 0 bridgehead atoms. The fourth-order valence-electron chi connectivity index (χ4n) is 11.1. The van der Waals surface area contributed by atoms with Crippen LogP contribution >= 0.6 is 21.3 Å². The van der Waals surface area contributed by atoms with Gasteiger partial charge in [0.25, 0.3) is 7.82 Å². The molecule has 542 valence electrons. The molecule has 4 fully saturated rings. The van der Waals surface area contributed by atoms with E-state index in [1.807, 2.05) is 0 Å². The molecule has 10 heterocycles. The van der Waals surface area contributed by atoms with Gasteiger partial charge in [0.05, 0.1) is 91.4 Å². The van der Waals surface area contributed by atoms with Crippen molar-refractivity contribution < 1.29 is 108 Å². The Bertz CT molecular complexity index is 3980. The van der Waals surface area contributed by atoms with Crippen molar-refractivity contribution in [2.24, 2.45) is 0 Å². The topological polar surface area (TPSA) is 528 Å². The van der Waals surface area contributed by atoms with Crippen molar-refractivity contribution >= 4 is 91.0 Å². The Balaban J connectivity index is 0.931. The van der Waals surface area contributed by atoms with Gasteiger partial charge < -0.3 is 134 Å². The van der Waals surface area contributed by atoms with Crippen molar-refractivity contribution in [1.29, 1.82) is 0 Å². The Labute approximate surface area is 567 Å². The van der Waals surface area contributed by atoms with Gasteiger partial charge in [0.1, 0.15) is 109 Å². The van der Waals surface area contributed by atoms with Crippen LogP contribution in [0.4, 0.5) is 23.3 Å². The molecule has 10 rings (SSSR count). The third-order valence-electron chi connectivity index (χ3n) is 15.9. The standard InChI is InChI=1S/C52H77N16O25P3S2/c1-25-16-65(51(70)63-41(25)53)48-38(81-13-9-77-5)34(27(3)87-48)91-94(72,73)84-19-29-35(39(82-14-10-78-6)49(89-29)66-17-26(2)42(54)64-52(66)71)92-96(75,98)86-20-30-36(40(83-15-11-79-7)50(90-30)68-24-62-32-44(56)58-22-60-46(32)68)93-95(74,97)85-18-28-33(69)37(80-12-8-76-4)47(88-28)67-23-61-31-43(55)57-21-59-45(31)67/h16-17,21-24,27-30,33-40,47-50,69H,8-15,18-20H2,1-7H3,(H,72,73)(H,74,97)(H,75,98)(H2,53,63,70)(H2,54,64,71)(H2,55,57,59)(H2,56,58,60)/p-3/t27-,28-,29-,30-,33+,34+,35+,36+,37?,38?,39?,40?,47-,48-,49-,50-,95?,96?/m1/s1. The van der Waals surface area contributed by atoms with Gasteiger partial charge in [-0.05, 0) is 20.8 Å². The second-order valence-corrected chi connectivity index (χ2v) is 29.1. The Hall–Kier alpha value is -5.32. The highest BCUT2D eigenvalue weighted by molar-refractivity contribution is 8.32. The summed E-state index contributed by atoms with van der Waals surface area (Å²) in [6, 6.07) is 0. The number of aliphatic hydroxyl groups excluding tert-OH is 1. The van der Waals surface area contributed by atoms with Crippen LogP contribution in [0, 0.1) is 13.8 Å². The number of hydrogen-bond donors (Lipinski definition) is 5. The molecule has 0 saturated carbocycles. The molecule has 4 aliphatic heterocycles. The summed E-state index contributed by atoms with van der Waals surface area (Å²) in [7, 11) is 0.0601. The van der Waals surface area contributed by atoms with E-state index in [1.54, 1.807) is 13.8 Å². The predicted molar refractivity (Wildman–Crippen MR) is 338 cm³/mol. The van der Waals surface area contributed by atoms with E-state index in [-0.39, 0.29) is 104 Å². The average Bonchev–Trinajstić information content (AvgIpc) is 1.63. The number of ether oxygens (including phenoxy) is 12. The van der Waals surface area contributed by atoms with Gasteiger partial charge in [-0.1, -0.05) is 11.8 Å². The first-order chi connectivity index (χ1) is 46.8. The molecular weight excluding hydrogens is 1410 g/mol. The van der Waals surface area contributed by atoms with Crippen LogP contribution in [0.15, 0.2) is 47.3 Å². The highest BCUT2D eigenvalue weighted by Crippen LogP contribution is 2.54. The van der Waals surface area contributed by atoms with Crippen molar-refractivity contribution in [2.45, 2.75) is 119 Å². The van der Waals surface area contributed by atoms with Crippen LogP contribution in [-0.2, 0) is 117 Å². The van der Waals surface area contributed by atoms with Crippen LogP contribution in [0.25, 0.3) is 22.3 Å². The largest absolute Gasteiger partial charge is 0.780 e. The summed E-state index contributed by atoms with van der Waals surface area (Å²) in [6.07, 6.45) is -15.2. The van der Waals surface area contributed by atoms with E-state index in [0.717, 1.165) is 9.13 Å². The highest BCUT2D eigenvalue weighted by Gasteiger charge is 2.54.